The van der Waals surface area contributed by atoms with Crippen LogP contribution in [-0.4, -0.2) is 21.3 Å². The lowest BCUT2D eigenvalue weighted by atomic mass is 10.1. The summed E-state index contributed by atoms with van der Waals surface area (Å²) >= 11 is 3.41. The maximum atomic E-state index is 10.7. The van der Waals surface area contributed by atoms with Gasteiger partial charge in [-0.3, -0.25) is 4.18 Å². The van der Waals surface area contributed by atoms with Gasteiger partial charge in [0.15, 0.2) is 0 Å². The molecule has 18 heavy (non-hydrogen) atoms. The van der Waals surface area contributed by atoms with Gasteiger partial charge in [0, 0.05) is 4.47 Å². The van der Waals surface area contributed by atoms with Crippen LogP contribution < -0.4 is 0 Å². The van der Waals surface area contributed by atoms with Crippen molar-refractivity contribution < 1.29 is 12.6 Å². The summed E-state index contributed by atoms with van der Waals surface area (Å²) in [6.07, 6.45) is 6.18. The van der Waals surface area contributed by atoms with Crippen molar-refractivity contribution in [3.05, 3.63) is 34.3 Å². The minimum absolute atomic E-state index is 0.303. The quantitative estimate of drug-likeness (QED) is 0.539. The molecule has 0 heterocycles. The molecule has 5 heteroatoms. The summed E-state index contributed by atoms with van der Waals surface area (Å²) in [5, 5.41) is 0. The second kappa shape index (κ2) is 7.92. The van der Waals surface area contributed by atoms with Crippen molar-refractivity contribution in [1.29, 1.82) is 0 Å². The van der Waals surface area contributed by atoms with E-state index in [1.165, 1.54) is 5.56 Å². The number of unbranched alkanes of at least 4 members (excludes halogenated alkanes) is 3. The van der Waals surface area contributed by atoms with Crippen LogP contribution in [-0.2, 0) is 20.7 Å². The Bertz CT molecular complexity index is 440. The van der Waals surface area contributed by atoms with Crippen LogP contribution in [0.1, 0.15) is 31.2 Å². The molecule has 1 aromatic rings. The molecule has 102 valence electrons. The van der Waals surface area contributed by atoms with Crippen LogP contribution in [0.3, 0.4) is 0 Å². The lowest BCUT2D eigenvalue weighted by Gasteiger charge is -2.03. The maximum Gasteiger partial charge on any atom is 0.264 e. The van der Waals surface area contributed by atoms with E-state index in [-0.39, 0.29) is 0 Å². The molecular formula is C13H19BrO3S. The first-order valence-corrected chi connectivity index (χ1v) is 8.67. The van der Waals surface area contributed by atoms with Gasteiger partial charge in [-0.25, -0.2) is 0 Å². The van der Waals surface area contributed by atoms with Crippen LogP contribution in [0.5, 0.6) is 0 Å². The van der Waals surface area contributed by atoms with Gasteiger partial charge in [-0.15, -0.1) is 0 Å². The van der Waals surface area contributed by atoms with E-state index in [0.717, 1.165) is 42.8 Å². The molecule has 0 fully saturated rings. The van der Waals surface area contributed by atoms with Gasteiger partial charge in [0.1, 0.15) is 0 Å². The number of aryl methyl sites for hydroxylation is 1. The van der Waals surface area contributed by atoms with E-state index in [0.29, 0.717) is 6.61 Å². The Kier molecular flexibility index (Phi) is 6.89. The molecule has 0 atom stereocenters. The molecule has 0 aliphatic rings. The Labute approximate surface area is 118 Å². The molecule has 0 N–H and O–H groups in total. The highest BCUT2D eigenvalue weighted by Crippen LogP contribution is 2.13. The van der Waals surface area contributed by atoms with E-state index >= 15 is 0 Å². The average Bonchev–Trinajstić information content (AvgIpc) is 2.29. The second-order valence-electron chi connectivity index (χ2n) is 4.32. The van der Waals surface area contributed by atoms with E-state index in [4.69, 9.17) is 0 Å². The lowest BCUT2D eigenvalue weighted by Crippen LogP contribution is -2.03. The smallest absolute Gasteiger partial charge is 0.264 e. The molecule has 0 spiro atoms. The molecule has 3 nitrogen and oxygen atoms in total. The zero-order valence-corrected chi connectivity index (χ0v) is 13.0. The highest BCUT2D eigenvalue weighted by Gasteiger charge is 2.00. The molecule has 0 radical (unpaired) electrons. The van der Waals surface area contributed by atoms with E-state index in [1.54, 1.807) is 0 Å². The van der Waals surface area contributed by atoms with Crippen molar-refractivity contribution in [3.8, 4) is 0 Å². The fraction of sp³-hybridized carbons (Fsp3) is 0.538. The number of hydrogen-bond acceptors (Lipinski definition) is 3. The number of halogens is 1. The van der Waals surface area contributed by atoms with Gasteiger partial charge in [-0.2, -0.15) is 8.42 Å². The Balaban J connectivity index is 2.04. The summed E-state index contributed by atoms with van der Waals surface area (Å²) < 4.78 is 27.2. The van der Waals surface area contributed by atoms with Crippen LogP contribution in [0.15, 0.2) is 28.7 Å². The summed E-state index contributed by atoms with van der Waals surface area (Å²) in [6, 6.07) is 8.35. The molecule has 0 aliphatic heterocycles. The van der Waals surface area contributed by atoms with Gasteiger partial charge in [-0.1, -0.05) is 40.9 Å². The van der Waals surface area contributed by atoms with Gasteiger partial charge < -0.3 is 0 Å². The summed E-state index contributed by atoms with van der Waals surface area (Å²) in [4.78, 5) is 0. The molecule has 0 unspecified atom stereocenters. The van der Waals surface area contributed by atoms with Crippen molar-refractivity contribution >= 4 is 26.0 Å². The highest BCUT2D eigenvalue weighted by molar-refractivity contribution is 9.10. The van der Waals surface area contributed by atoms with E-state index in [2.05, 4.69) is 44.4 Å². The van der Waals surface area contributed by atoms with Crippen LogP contribution in [0, 0.1) is 0 Å². The second-order valence-corrected chi connectivity index (χ2v) is 6.88. The summed E-state index contributed by atoms with van der Waals surface area (Å²) in [5.74, 6) is 0. The Hall–Kier alpha value is -0.390. The molecule has 0 amide bonds. The van der Waals surface area contributed by atoms with Crippen molar-refractivity contribution in [2.75, 3.05) is 12.9 Å². The molecule has 1 rings (SSSR count). The summed E-state index contributed by atoms with van der Waals surface area (Å²) in [5.41, 5.74) is 1.34. The summed E-state index contributed by atoms with van der Waals surface area (Å²) in [6.45, 7) is 0.303. The molecule has 0 saturated heterocycles. The third-order valence-electron chi connectivity index (χ3n) is 2.57. The first-order chi connectivity index (χ1) is 8.47. The third kappa shape index (κ3) is 7.84. The van der Waals surface area contributed by atoms with Crippen LogP contribution in [0.4, 0.5) is 0 Å². The van der Waals surface area contributed by atoms with Crippen molar-refractivity contribution in [1.82, 2.24) is 0 Å². The molecule has 0 bridgehead atoms. The Morgan fingerprint density at radius 2 is 1.67 bits per heavy atom. The summed E-state index contributed by atoms with van der Waals surface area (Å²) in [7, 11) is -3.27. The molecular weight excluding hydrogens is 316 g/mol. The standard InChI is InChI=1S/C13H19BrO3S/c1-18(15,16)17-11-5-3-2-4-6-12-7-9-13(14)10-8-12/h7-10H,2-6,11H2,1H3. The van der Waals surface area contributed by atoms with Gasteiger partial charge in [0.25, 0.3) is 10.1 Å². The van der Waals surface area contributed by atoms with E-state index in [1.807, 2.05) is 0 Å². The zero-order chi connectivity index (χ0) is 13.4. The first-order valence-electron chi connectivity index (χ1n) is 6.06. The van der Waals surface area contributed by atoms with Crippen LogP contribution in [0.25, 0.3) is 0 Å². The van der Waals surface area contributed by atoms with Crippen LogP contribution >= 0.6 is 15.9 Å². The average molecular weight is 335 g/mol. The monoisotopic (exact) mass is 334 g/mol. The third-order valence-corrected chi connectivity index (χ3v) is 3.69. The van der Waals surface area contributed by atoms with Crippen LogP contribution in [0.2, 0.25) is 0 Å². The first kappa shape index (κ1) is 15.7. The van der Waals surface area contributed by atoms with Crippen molar-refractivity contribution in [2.45, 2.75) is 32.1 Å². The van der Waals surface area contributed by atoms with E-state index < -0.39 is 10.1 Å². The van der Waals surface area contributed by atoms with Gasteiger partial charge in [0.05, 0.1) is 12.9 Å². The fourth-order valence-corrected chi connectivity index (χ4v) is 2.33. The predicted octanol–water partition coefficient (Wildman–Crippen LogP) is 3.53. The highest BCUT2D eigenvalue weighted by atomic mass is 79.9. The number of hydrogen-bond donors (Lipinski definition) is 0. The molecule has 0 saturated carbocycles. The minimum Gasteiger partial charge on any atom is -0.270 e. The SMILES string of the molecule is CS(=O)(=O)OCCCCCCc1ccc(Br)cc1. The minimum atomic E-state index is -3.27. The zero-order valence-electron chi connectivity index (χ0n) is 10.6. The number of benzene rings is 1. The normalized spacial score (nSPS) is 11.7. The van der Waals surface area contributed by atoms with E-state index in [9.17, 15) is 8.42 Å². The molecule has 0 aliphatic carbocycles. The Morgan fingerprint density at radius 1 is 1.06 bits per heavy atom. The fourth-order valence-electron chi connectivity index (χ4n) is 1.65. The predicted molar refractivity (Wildman–Crippen MR) is 77.1 cm³/mol. The van der Waals surface area contributed by atoms with Gasteiger partial charge in [0.2, 0.25) is 0 Å². The Morgan fingerprint density at radius 3 is 2.28 bits per heavy atom. The lowest BCUT2D eigenvalue weighted by molar-refractivity contribution is 0.310. The van der Waals surface area contributed by atoms with Crippen molar-refractivity contribution in [3.63, 3.8) is 0 Å². The maximum absolute atomic E-state index is 10.7. The van der Waals surface area contributed by atoms with Gasteiger partial charge in [-0.05, 0) is 37.0 Å². The molecule has 0 aromatic heterocycles. The number of rotatable bonds is 8. The van der Waals surface area contributed by atoms with Crippen molar-refractivity contribution in [2.24, 2.45) is 0 Å². The topological polar surface area (TPSA) is 43.4 Å². The largest absolute Gasteiger partial charge is 0.270 e. The van der Waals surface area contributed by atoms with Gasteiger partial charge >= 0.3 is 0 Å². The molecule has 1 aromatic carbocycles.